The van der Waals surface area contributed by atoms with Crippen molar-refractivity contribution in [2.45, 2.75) is 57.5 Å². The van der Waals surface area contributed by atoms with Gasteiger partial charge in [-0.2, -0.15) is 0 Å². The third-order valence-corrected chi connectivity index (χ3v) is 6.05. The van der Waals surface area contributed by atoms with Crippen LogP contribution in [0.4, 0.5) is 0 Å². The molecule has 0 saturated heterocycles. The predicted molar refractivity (Wildman–Crippen MR) is 85.7 cm³/mol. The molecule has 0 amide bonds. The van der Waals surface area contributed by atoms with Gasteiger partial charge in [0.15, 0.2) is 0 Å². The molecule has 1 aliphatic carbocycles. The second kappa shape index (κ2) is 8.22. The average Bonchev–Trinajstić information content (AvgIpc) is 2.45. The molecule has 2 rings (SSSR count). The highest BCUT2D eigenvalue weighted by molar-refractivity contribution is 7.85. The van der Waals surface area contributed by atoms with E-state index in [-0.39, 0.29) is 6.10 Å². The molecule has 2 nitrogen and oxygen atoms in total. The molecule has 1 aliphatic rings. The number of rotatable bonds is 7. The van der Waals surface area contributed by atoms with Gasteiger partial charge >= 0.3 is 0 Å². The summed E-state index contributed by atoms with van der Waals surface area (Å²) in [7, 11) is 0. The molecule has 1 saturated carbocycles. The summed E-state index contributed by atoms with van der Waals surface area (Å²) < 4.78 is 17.9. The minimum absolute atomic E-state index is 0.126. The molecule has 112 valence electrons. The standard InChI is InChI=1S/C16H24ClO2P/c17-20(18,19-16-12-5-2-6-13-16)14-8-7-11-15-9-3-1-4-10-15/h1,3-4,9-10,16H,2,5-8,11-14H2/t20-/m0/s1. The van der Waals surface area contributed by atoms with Gasteiger partial charge < -0.3 is 4.52 Å². The highest BCUT2D eigenvalue weighted by atomic mass is 35.7. The van der Waals surface area contributed by atoms with Gasteiger partial charge in [-0.1, -0.05) is 49.6 Å². The first-order valence-corrected chi connectivity index (χ1v) is 10.4. The Bertz CT molecular complexity index is 429. The van der Waals surface area contributed by atoms with E-state index in [0.29, 0.717) is 6.16 Å². The van der Waals surface area contributed by atoms with Crippen molar-refractivity contribution in [3.63, 3.8) is 0 Å². The molecule has 0 N–H and O–H groups in total. The first kappa shape index (κ1) is 16.1. The van der Waals surface area contributed by atoms with Crippen LogP contribution in [-0.4, -0.2) is 12.3 Å². The van der Waals surface area contributed by atoms with Crippen LogP contribution in [0.25, 0.3) is 0 Å². The zero-order valence-electron chi connectivity index (χ0n) is 12.0. The van der Waals surface area contributed by atoms with Gasteiger partial charge in [0.2, 0.25) is 0 Å². The summed E-state index contributed by atoms with van der Waals surface area (Å²) in [5.41, 5.74) is 1.32. The van der Waals surface area contributed by atoms with Gasteiger partial charge in [0.25, 0.3) is 6.72 Å². The maximum Gasteiger partial charge on any atom is 0.290 e. The Labute approximate surface area is 127 Å². The van der Waals surface area contributed by atoms with Crippen molar-refractivity contribution in [2.24, 2.45) is 0 Å². The van der Waals surface area contributed by atoms with Crippen molar-refractivity contribution in [1.82, 2.24) is 0 Å². The Morgan fingerprint density at radius 1 is 1.10 bits per heavy atom. The number of halogens is 1. The van der Waals surface area contributed by atoms with Crippen LogP contribution in [0, 0.1) is 0 Å². The molecule has 0 unspecified atom stereocenters. The number of aryl methyl sites for hydroxylation is 1. The Morgan fingerprint density at radius 3 is 2.50 bits per heavy atom. The summed E-state index contributed by atoms with van der Waals surface area (Å²) in [4.78, 5) is 0. The Kier molecular flexibility index (Phi) is 6.61. The molecular formula is C16H24ClO2P. The quantitative estimate of drug-likeness (QED) is 0.470. The van der Waals surface area contributed by atoms with E-state index in [1.54, 1.807) is 0 Å². The summed E-state index contributed by atoms with van der Waals surface area (Å²) in [6, 6.07) is 10.4. The van der Waals surface area contributed by atoms with Crippen LogP contribution >= 0.6 is 18.0 Å². The number of benzene rings is 1. The lowest BCUT2D eigenvalue weighted by molar-refractivity contribution is 0.163. The van der Waals surface area contributed by atoms with Crippen molar-refractivity contribution >= 4 is 18.0 Å². The molecule has 0 radical (unpaired) electrons. The van der Waals surface area contributed by atoms with E-state index < -0.39 is 6.72 Å². The van der Waals surface area contributed by atoms with E-state index >= 15 is 0 Å². The highest BCUT2D eigenvalue weighted by Crippen LogP contribution is 2.55. The fraction of sp³-hybridized carbons (Fsp3) is 0.625. The molecule has 1 aromatic rings. The second-order valence-corrected chi connectivity index (χ2v) is 9.01. The topological polar surface area (TPSA) is 26.3 Å². The third kappa shape index (κ3) is 5.99. The Morgan fingerprint density at radius 2 is 1.80 bits per heavy atom. The zero-order chi connectivity index (χ0) is 14.3. The van der Waals surface area contributed by atoms with Crippen LogP contribution in [-0.2, 0) is 15.5 Å². The van der Waals surface area contributed by atoms with Gasteiger partial charge in [0.1, 0.15) is 0 Å². The average molecular weight is 315 g/mol. The van der Waals surface area contributed by atoms with Crippen LogP contribution in [0.1, 0.15) is 50.5 Å². The van der Waals surface area contributed by atoms with Gasteiger partial charge in [-0.05, 0) is 48.9 Å². The van der Waals surface area contributed by atoms with Gasteiger partial charge in [0, 0.05) is 6.16 Å². The van der Waals surface area contributed by atoms with Gasteiger partial charge in [-0.3, -0.25) is 4.57 Å². The van der Waals surface area contributed by atoms with Gasteiger partial charge in [-0.15, -0.1) is 0 Å². The van der Waals surface area contributed by atoms with Gasteiger partial charge in [-0.25, -0.2) is 0 Å². The lowest BCUT2D eigenvalue weighted by atomic mass is 9.98. The molecule has 1 aromatic carbocycles. The number of hydrogen-bond donors (Lipinski definition) is 0. The lowest BCUT2D eigenvalue weighted by Crippen LogP contribution is -2.14. The predicted octanol–water partition coefficient (Wildman–Crippen LogP) is 5.79. The molecule has 1 atom stereocenters. The zero-order valence-corrected chi connectivity index (χ0v) is 13.6. The fourth-order valence-electron chi connectivity index (χ4n) is 2.72. The first-order valence-electron chi connectivity index (χ1n) is 7.67. The van der Waals surface area contributed by atoms with Crippen LogP contribution in [0.15, 0.2) is 30.3 Å². The van der Waals surface area contributed by atoms with E-state index in [1.165, 1.54) is 24.8 Å². The number of hydrogen-bond acceptors (Lipinski definition) is 2. The summed E-state index contributed by atoms with van der Waals surface area (Å²) in [6.07, 6.45) is 9.16. The monoisotopic (exact) mass is 314 g/mol. The number of unbranched alkanes of at least 4 members (excludes halogenated alkanes) is 1. The van der Waals surface area contributed by atoms with Crippen LogP contribution in [0.2, 0.25) is 0 Å². The largest absolute Gasteiger partial charge is 0.314 e. The van der Waals surface area contributed by atoms with Crippen molar-refractivity contribution in [1.29, 1.82) is 0 Å². The third-order valence-electron chi connectivity index (χ3n) is 3.84. The molecule has 0 spiro atoms. The summed E-state index contributed by atoms with van der Waals surface area (Å²) >= 11 is 6.08. The maximum atomic E-state index is 12.2. The van der Waals surface area contributed by atoms with E-state index in [9.17, 15) is 4.57 Å². The lowest BCUT2D eigenvalue weighted by Gasteiger charge is -2.24. The smallest absolute Gasteiger partial charge is 0.290 e. The van der Waals surface area contributed by atoms with Crippen LogP contribution in [0.3, 0.4) is 0 Å². The Balaban J connectivity index is 1.65. The van der Waals surface area contributed by atoms with E-state index in [0.717, 1.165) is 32.1 Å². The summed E-state index contributed by atoms with van der Waals surface area (Å²) in [5, 5.41) is 0. The van der Waals surface area contributed by atoms with Crippen molar-refractivity contribution < 1.29 is 9.09 Å². The van der Waals surface area contributed by atoms with Crippen molar-refractivity contribution in [2.75, 3.05) is 6.16 Å². The molecule has 4 heteroatoms. The molecule has 0 aromatic heterocycles. The van der Waals surface area contributed by atoms with E-state index in [4.69, 9.17) is 15.8 Å². The highest BCUT2D eigenvalue weighted by Gasteiger charge is 2.25. The fourth-order valence-corrected chi connectivity index (χ4v) is 4.78. The first-order chi connectivity index (χ1) is 9.66. The molecule has 0 bridgehead atoms. The molecule has 0 heterocycles. The van der Waals surface area contributed by atoms with Crippen molar-refractivity contribution in [3.05, 3.63) is 35.9 Å². The summed E-state index contributed by atoms with van der Waals surface area (Å²) in [6.45, 7) is -2.91. The molecular weight excluding hydrogens is 291 g/mol. The second-order valence-electron chi connectivity index (χ2n) is 5.62. The SMILES string of the molecule is O=[P@@](Cl)(CCCCc1ccccc1)OC1CCCCC1. The summed E-state index contributed by atoms with van der Waals surface area (Å²) in [5.74, 6) is 0. The molecule has 20 heavy (non-hydrogen) atoms. The Hall–Kier alpha value is -0.300. The maximum absolute atomic E-state index is 12.2. The van der Waals surface area contributed by atoms with E-state index in [1.807, 2.05) is 18.2 Å². The van der Waals surface area contributed by atoms with Crippen molar-refractivity contribution in [3.8, 4) is 0 Å². The van der Waals surface area contributed by atoms with Crippen LogP contribution in [0.5, 0.6) is 0 Å². The molecule has 0 aliphatic heterocycles. The van der Waals surface area contributed by atoms with Gasteiger partial charge in [0.05, 0.1) is 6.10 Å². The minimum Gasteiger partial charge on any atom is -0.314 e. The van der Waals surface area contributed by atoms with E-state index in [2.05, 4.69) is 12.1 Å². The molecule has 1 fully saturated rings. The minimum atomic E-state index is -2.91. The van der Waals surface area contributed by atoms with Crippen LogP contribution < -0.4 is 0 Å². The normalized spacial score (nSPS) is 19.6.